The van der Waals surface area contributed by atoms with Crippen LogP contribution in [0.5, 0.6) is 5.75 Å². The molecule has 1 amide bonds. The Bertz CT molecular complexity index is 639. The predicted molar refractivity (Wildman–Crippen MR) is 66.5 cm³/mol. The highest BCUT2D eigenvalue weighted by Crippen LogP contribution is 2.19. The van der Waals surface area contributed by atoms with Crippen LogP contribution in [-0.2, 0) is 6.61 Å². The fourth-order valence-electron chi connectivity index (χ4n) is 1.52. The highest BCUT2D eigenvalue weighted by atomic mass is 19.1. The van der Waals surface area contributed by atoms with Crippen LogP contribution in [0.15, 0.2) is 34.9 Å². The smallest absolute Gasteiger partial charge is 0.268 e. The normalized spacial score (nSPS) is 10.1. The van der Waals surface area contributed by atoms with Crippen LogP contribution in [0.4, 0.5) is 4.39 Å². The molecule has 0 aliphatic heterocycles. The lowest BCUT2D eigenvalue weighted by atomic mass is 10.2. The summed E-state index contributed by atoms with van der Waals surface area (Å²) in [4.78, 5) is 21.7. The van der Waals surface area contributed by atoms with Crippen molar-refractivity contribution in [2.24, 2.45) is 5.84 Å². The van der Waals surface area contributed by atoms with Crippen molar-refractivity contribution in [2.75, 3.05) is 0 Å². The van der Waals surface area contributed by atoms with E-state index in [0.29, 0.717) is 12.0 Å². The van der Waals surface area contributed by atoms with Crippen molar-refractivity contribution >= 4 is 12.2 Å². The molecule has 0 bridgehead atoms. The Morgan fingerprint density at radius 3 is 2.90 bits per heavy atom. The van der Waals surface area contributed by atoms with E-state index in [1.807, 2.05) is 5.43 Å². The molecule has 20 heavy (non-hydrogen) atoms. The molecule has 2 aromatic rings. The molecule has 7 heteroatoms. The van der Waals surface area contributed by atoms with Gasteiger partial charge in [-0.25, -0.2) is 10.2 Å². The summed E-state index contributed by atoms with van der Waals surface area (Å²) in [7, 11) is 0. The number of aldehydes is 1. The first kappa shape index (κ1) is 13.8. The number of benzene rings is 1. The predicted octanol–water partition coefficient (Wildman–Crippen LogP) is 1.41. The summed E-state index contributed by atoms with van der Waals surface area (Å²) in [5.41, 5.74) is 2.41. The summed E-state index contributed by atoms with van der Waals surface area (Å²) in [5.74, 6) is 4.14. The number of carbonyl (C=O) groups excluding carboxylic acids is 2. The quantitative estimate of drug-likeness (QED) is 0.373. The Hall–Kier alpha value is -2.67. The SMILES string of the molecule is NNC(=O)c1coc(COc2ccc(C=O)cc2F)c1. The average molecular weight is 278 g/mol. The summed E-state index contributed by atoms with van der Waals surface area (Å²) in [5, 5.41) is 0. The van der Waals surface area contributed by atoms with E-state index in [2.05, 4.69) is 0 Å². The van der Waals surface area contributed by atoms with Crippen LogP contribution in [-0.4, -0.2) is 12.2 Å². The van der Waals surface area contributed by atoms with Crippen molar-refractivity contribution in [1.82, 2.24) is 5.43 Å². The molecule has 0 radical (unpaired) electrons. The van der Waals surface area contributed by atoms with Gasteiger partial charge in [-0.15, -0.1) is 0 Å². The van der Waals surface area contributed by atoms with Gasteiger partial charge in [0.2, 0.25) is 0 Å². The first-order chi connectivity index (χ1) is 9.63. The molecule has 6 nitrogen and oxygen atoms in total. The topological polar surface area (TPSA) is 94.6 Å². The molecule has 0 aliphatic rings. The van der Waals surface area contributed by atoms with Gasteiger partial charge in [0.15, 0.2) is 11.6 Å². The van der Waals surface area contributed by atoms with Gasteiger partial charge in [0.1, 0.15) is 24.9 Å². The lowest BCUT2D eigenvalue weighted by Crippen LogP contribution is -2.29. The monoisotopic (exact) mass is 278 g/mol. The van der Waals surface area contributed by atoms with E-state index in [9.17, 15) is 14.0 Å². The number of nitrogens with two attached hydrogens (primary N) is 1. The van der Waals surface area contributed by atoms with Crippen LogP contribution < -0.4 is 16.0 Å². The Kier molecular flexibility index (Phi) is 4.11. The Morgan fingerprint density at radius 1 is 1.45 bits per heavy atom. The number of nitrogens with one attached hydrogen (secondary N) is 1. The van der Waals surface area contributed by atoms with Gasteiger partial charge in [-0.2, -0.15) is 0 Å². The van der Waals surface area contributed by atoms with E-state index in [1.54, 1.807) is 0 Å². The third kappa shape index (κ3) is 3.01. The molecule has 0 saturated carbocycles. The maximum absolute atomic E-state index is 13.5. The van der Waals surface area contributed by atoms with E-state index >= 15 is 0 Å². The Morgan fingerprint density at radius 2 is 2.25 bits per heavy atom. The van der Waals surface area contributed by atoms with E-state index in [4.69, 9.17) is 15.0 Å². The number of ether oxygens (including phenoxy) is 1. The van der Waals surface area contributed by atoms with E-state index in [1.165, 1.54) is 24.5 Å². The van der Waals surface area contributed by atoms with Crippen LogP contribution in [0.1, 0.15) is 26.5 Å². The number of halogens is 1. The molecule has 1 heterocycles. The Balaban J connectivity index is 2.03. The summed E-state index contributed by atoms with van der Waals surface area (Å²) >= 11 is 0. The number of furan rings is 1. The lowest BCUT2D eigenvalue weighted by Gasteiger charge is -2.05. The standard InChI is InChI=1S/C13H11FN2O4/c14-11-3-8(5-17)1-2-12(11)20-7-10-4-9(6-19-10)13(18)16-15/h1-6H,7,15H2,(H,16,18). The molecule has 0 atom stereocenters. The first-order valence-electron chi connectivity index (χ1n) is 5.60. The van der Waals surface area contributed by atoms with Gasteiger partial charge >= 0.3 is 0 Å². The summed E-state index contributed by atoms with van der Waals surface area (Å²) < 4.78 is 23.8. The van der Waals surface area contributed by atoms with Crippen molar-refractivity contribution < 1.29 is 23.1 Å². The average Bonchev–Trinajstić information content (AvgIpc) is 2.94. The molecule has 1 aromatic carbocycles. The highest BCUT2D eigenvalue weighted by molar-refractivity contribution is 5.93. The third-order valence-corrected chi connectivity index (χ3v) is 2.51. The maximum atomic E-state index is 13.5. The number of nitrogen functional groups attached to an aromatic ring is 1. The van der Waals surface area contributed by atoms with Crippen LogP contribution >= 0.6 is 0 Å². The molecule has 3 N–H and O–H groups in total. The number of hydrogen-bond donors (Lipinski definition) is 2. The van der Waals surface area contributed by atoms with Gasteiger partial charge < -0.3 is 9.15 Å². The second-order valence-electron chi connectivity index (χ2n) is 3.87. The van der Waals surface area contributed by atoms with Crippen molar-refractivity contribution in [3.05, 3.63) is 53.2 Å². The largest absolute Gasteiger partial charge is 0.483 e. The zero-order chi connectivity index (χ0) is 14.5. The number of hydrogen-bond acceptors (Lipinski definition) is 5. The highest BCUT2D eigenvalue weighted by Gasteiger charge is 2.10. The molecule has 0 spiro atoms. The maximum Gasteiger partial charge on any atom is 0.268 e. The van der Waals surface area contributed by atoms with E-state index in [0.717, 1.165) is 6.07 Å². The zero-order valence-electron chi connectivity index (χ0n) is 10.3. The summed E-state index contributed by atoms with van der Waals surface area (Å²) in [6.45, 7) is -0.0603. The molecule has 0 unspecified atom stereocenters. The van der Waals surface area contributed by atoms with Crippen LogP contribution in [0.3, 0.4) is 0 Å². The van der Waals surface area contributed by atoms with Crippen LogP contribution in [0, 0.1) is 5.82 Å². The molecule has 0 aliphatic carbocycles. The van der Waals surface area contributed by atoms with Gasteiger partial charge in [-0.3, -0.25) is 15.0 Å². The lowest BCUT2D eigenvalue weighted by molar-refractivity contribution is 0.0952. The molecule has 0 saturated heterocycles. The molecule has 104 valence electrons. The van der Waals surface area contributed by atoms with E-state index < -0.39 is 11.7 Å². The Labute approximate surface area is 113 Å². The van der Waals surface area contributed by atoms with E-state index in [-0.39, 0.29) is 23.5 Å². The minimum Gasteiger partial charge on any atom is -0.483 e. The van der Waals surface area contributed by atoms with Gasteiger partial charge in [-0.05, 0) is 24.3 Å². The number of amides is 1. The van der Waals surface area contributed by atoms with Crippen LogP contribution in [0.25, 0.3) is 0 Å². The second kappa shape index (κ2) is 5.98. The fourth-order valence-corrected chi connectivity index (χ4v) is 1.52. The number of rotatable bonds is 5. The van der Waals surface area contributed by atoms with Crippen molar-refractivity contribution in [2.45, 2.75) is 6.61 Å². The molecular weight excluding hydrogens is 267 g/mol. The number of carbonyl (C=O) groups is 2. The van der Waals surface area contributed by atoms with Crippen molar-refractivity contribution in [3.8, 4) is 5.75 Å². The molecule has 2 rings (SSSR count). The minimum absolute atomic E-state index is 0.0168. The van der Waals surface area contributed by atoms with Gasteiger partial charge in [0.25, 0.3) is 5.91 Å². The van der Waals surface area contributed by atoms with Gasteiger partial charge in [0.05, 0.1) is 5.56 Å². The van der Waals surface area contributed by atoms with Crippen LogP contribution in [0.2, 0.25) is 0 Å². The minimum atomic E-state index is -0.652. The first-order valence-corrected chi connectivity index (χ1v) is 5.60. The third-order valence-electron chi connectivity index (χ3n) is 2.51. The van der Waals surface area contributed by atoms with Crippen molar-refractivity contribution in [1.29, 1.82) is 0 Å². The second-order valence-corrected chi connectivity index (χ2v) is 3.87. The zero-order valence-corrected chi connectivity index (χ0v) is 10.3. The number of hydrazine groups is 1. The van der Waals surface area contributed by atoms with Crippen molar-refractivity contribution in [3.63, 3.8) is 0 Å². The fraction of sp³-hybridized carbons (Fsp3) is 0.0769. The molecular formula is C13H11FN2O4. The molecule has 1 aromatic heterocycles. The van der Waals surface area contributed by atoms with Gasteiger partial charge in [-0.1, -0.05) is 0 Å². The summed E-state index contributed by atoms with van der Waals surface area (Å²) in [6.07, 6.45) is 1.75. The van der Waals surface area contributed by atoms with Gasteiger partial charge in [0, 0.05) is 5.56 Å². The summed E-state index contributed by atoms with van der Waals surface area (Å²) in [6, 6.07) is 5.27. The molecule has 0 fully saturated rings.